The molecule has 1 aromatic carbocycles. The van der Waals surface area contributed by atoms with Crippen molar-refractivity contribution in [3.63, 3.8) is 0 Å². The SMILES string of the molecule is CCOc1cc(CS)ccc1C(=O)O. The fourth-order valence-electron chi connectivity index (χ4n) is 1.12. The highest BCUT2D eigenvalue weighted by Crippen LogP contribution is 2.21. The summed E-state index contributed by atoms with van der Waals surface area (Å²) in [5.41, 5.74) is 1.14. The van der Waals surface area contributed by atoms with E-state index in [-0.39, 0.29) is 5.56 Å². The zero-order valence-corrected chi connectivity index (χ0v) is 8.75. The minimum atomic E-state index is -0.973. The maximum absolute atomic E-state index is 10.8. The smallest absolute Gasteiger partial charge is 0.339 e. The number of rotatable bonds is 4. The summed E-state index contributed by atoms with van der Waals surface area (Å²) in [6, 6.07) is 4.98. The Bertz CT molecular complexity index is 336. The molecule has 0 aliphatic rings. The van der Waals surface area contributed by atoms with Gasteiger partial charge in [-0.1, -0.05) is 6.07 Å². The zero-order chi connectivity index (χ0) is 10.6. The predicted octanol–water partition coefficient (Wildman–Crippen LogP) is 2.21. The molecule has 0 spiro atoms. The zero-order valence-electron chi connectivity index (χ0n) is 7.86. The maximum Gasteiger partial charge on any atom is 0.339 e. The second-order valence-corrected chi connectivity index (χ2v) is 3.04. The van der Waals surface area contributed by atoms with Crippen molar-refractivity contribution in [2.45, 2.75) is 12.7 Å². The van der Waals surface area contributed by atoms with Crippen LogP contribution in [0.1, 0.15) is 22.8 Å². The molecule has 0 aromatic heterocycles. The van der Waals surface area contributed by atoms with Gasteiger partial charge in [0.25, 0.3) is 0 Å². The van der Waals surface area contributed by atoms with Gasteiger partial charge in [0.15, 0.2) is 0 Å². The average Bonchev–Trinajstić information content (AvgIpc) is 2.17. The number of carboxylic acid groups (broad SMARTS) is 1. The Hall–Kier alpha value is -1.16. The van der Waals surface area contributed by atoms with Crippen molar-refractivity contribution in [1.82, 2.24) is 0 Å². The molecule has 0 atom stereocenters. The molecular formula is C10H12O3S. The average molecular weight is 212 g/mol. The van der Waals surface area contributed by atoms with Crippen LogP contribution in [0.25, 0.3) is 0 Å². The molecule has 0 aliphatic heterocycles. The van der Waals surface area contributed by atoms with Crippen LogP contribution in [0.5, 0.6) is 5.75 Å². The fraction of sp³-hybridized carbons (Fsp3) is 0.300. The highest BCUT2D eigenvalue weighted by atomic mass is 32.1. The molecule has 1 N–H and O–H groups in total. The summed E-state index contributed by atoms with van der Waals surface area (Å²) in [4.78, 5) is 10.8. The largest absolute Gasteiger partial charge is 0.493 e. The first kappa shape index (κ1) is 10.9. The fourth-order valence-corrected chi connectivity index (χ4v) is 1.31. The van der Waals surface area contributed by atoms with Gasteiger partial charge in [-0.25, -0.2) is 4.79 Å². The van der Waals surface area contributed by atoms with E-state index in [1.165, 1.54) is 0 Å². The first-order valence-corrected chi connectivity index (χ1v) is 4.92. The number of carbonyl (C=O) groups is 1. The summed E-state index contributed by atoms with van der Waals surface area (Å²) >= 11 is 4.11. The van der Waals surface area contributed by atoms with Gasteiger partial charge in [-0.2, -0.15) is 12.6 Å². The lowest BCUT2D eigenvalue weighted by atomic mass is 10.1. The minimum Gasteiger partial charge on any atom is -0.493 e. The van der Waals surface area contributed by atoms with Gasteiger partial charge in [0.2, 0.25) is 0 Å². The van der Waals surface area contributed by atoms with Crippen molar-refractivity contribution in [1.29, 1.82) is 0 Å². The van der Waals surface area contributed by atoms with Crippen LogP contribution in [0, 0.1) is 0 Å². The van der Waals surface area contributed by atoms with Gasteiger partial charge < -0.3 is 9.84 Å². The van der Waals surface area contributed by atoms with Crippen LogP contribution in [0.3, 0.4) is 0 Å². The van der Waals surface area contributed by atoms with Crippen LogP contribution in [0.15, 0.2) is 18.2 Å². The monoisotopic (exact) mass is 212 g/mol. The van der Waals surface area contributed by atoms with E-state index in [1.54, 1.807) is 18.2 Å². The van der Waals surface area contributed by atoms with E-state index in [2.05, 4.69) is 12.6 Å². The number of benzene rings is 1. The Morgan fingerprint density at radius 2 is 2.29 bits per heavy atom. The van der Waals surface area contributed by atoms with Gasteiger partial charge >= 0.3 is 5.97 Å². The number of hydrogen-bond acceptors (Lipinski definition) is 3. The van der Waals surface area contributed by atoms with E-state index in [9.17, 15) is 4.79 Å². The van der Waals surface area contributed by atoms with Crippen molar-refractivity contribution in [3.8, 4) is 5.75 Å². The summed E-state index contributed by atoms with van der Waals surface area (Å²) in [6.45, 7) is 2.27. The molecule has 14 heavy (non-hydrogen) atoms. The quantitative estimate of drug-likeness (QED) is 0.752. The third-order valence-corrected chi connectivity index (χ3v) is 2.12. The van der Waals surface area contributed by atoms with Crippen LogP contribution < -0.4 is 4.74 Å². The molecule has 0 bridgehead atoms. The Labute approximate surface area is 88.1 Å². The summed E-state index contributed by atoms with van der Waals surface area (Å²) in [6.07, 6.45) is 0. The van der Waals surface area contributed by atoms with Crippen molar-refractivity contribution in [2.24, 2.45) is 0 Å². The summed E-state index contributed by atoms with van der Waals surface area (Å²) < 4.78 is 5.23. The highest BCUT2D eigenvalue weighted by Gasteiger charge is 2.10. The summed E-state index contributed by atoms with van der Waals surface area (Å²) in [5.74, 6) is 0.00526. The molecule has 0 aliphatic carbocycles. The van der Waals surface area contributed by atoms with Crippen LogP contribution in [0.2, 0.25) is 0 Å². The molecule has 0 unspecified atom stereocenters. The molecule has 0 radical (unpaired) electrons. The molecule has 3 nitrogen and oxygen atoms in total. The number of hydrogen-bond donors (Lipinski definition) is 2. The van der Waals surface area contributed by atoms with Gasteiger partial charge in [0.05, 0.1) is 6.61 Å². The molecule has 0 saturated carbocycles. The van der Waals surface area contributed by atoms with Crippen molar-refractivity contribution in [3.05, 3.63) is 29.3 Å². The molecule has 1 rings (SSSR count). The van der Waals surface area contributed by atoms with Crippen LogP contribution in [0.4, 0.5) is 0 Å². The first-order chi connectivity index (χ1) is 6.69. The molecule has 0 heterocycles. The predicted molar refractivity (Wildman–Crippen MR) is 57.3 cm³/mol. The molecular weight excluding hydrogens is 200 g/mol. The highest BCUT2D eigenvalue weighted by molar-refractivity contribution is 7.79. The van der Waals surface area contributed by atoms with E-state index in [1.807, 2.05) is 6.92 Å². The van der Waals surface area contributed by atoms with Crippen LogP contribution >= 0.6 is 12.6 Å². The summed E-state index contributed by atoms with van der Waals surface area (Å²) in [5, 5.41) is 8.86. The van der Waals surface area contributed by atoms with Gasteiger partial charge in [-0.05, 0) is 24.6 Å². The van der Waals surface area contributed by atoms with Crippen molar-refractivity contribution in [2.75, 3.05) is 6.61 Å². The maximum atomic E-state index is 10.8. The Morgan fingerprint density at radius 3 is 2.79 bits per heavy atom. The Balaban J connectivity index is 3.10. The third-order valence-electron chi connectivity index (χ3n) is 1.76. The normalized spacial score (nSPS) is 9.86. The number of carboxylic acids is 1. The van der Waals surface area contributed by atoms with Crippen LogP contribution in [-0.2, 0) is 5.75 Å². The number of thiol groups is 1. The molecule has 4 heteroatoms. The van der Waals surface area contributed by atoms with Gasteiger partial charge in [-0.3, -0.25) is 0 Å². The molecule has 1 aromatic rings. The molecule has 76 valence electrons. The standard InChI is InChI=1S/C10H12O3S/c1-2-13-9-5-7(6-14)3-4-8(9)10(11)12/h3-5,14H,2,6H2,1H3,(H,11,12). The van der Waals surface area contributed by atoms with E-state index in [4.69, 9.17) is 9.84 Å². The Morgan fingerprint density at radius 1 is 1.57 bits per heavy atom. The minimum absolute atomic E-state index is 0.192. The van der Waals surface area contributed by atoms with Crippen molar-refractivity contribution >= 4 is 18.6 Å². The first-order valence-electron chi connectivity index (χ1n) is 4.29. The Kier molecular flexibility index (Phi) is 3.83. The van der Waals surface area contributed by atoms with Crippen LogP contribution in [-0.4, -0.2) is 17.7 Å². The van der Waals surface area contributed by atoms with E-state index >= 15 is 0 Å². The molecule has 0 saturated heterocycles. The van der Waals surface area contributed by atoms with Crippen molar-refractivity contribution < 1.29 is 14.6 Å². The van der Waals surface area contributed by atoms with E-state index in [0.29, 0.717) is 18.1 Å². The molecule has 0 fully saturated rings. The topological polar surface area (TPSA) is 46.5 Å². The van der Waals surface area contributed by atoms with Gasteiger partial charge in [0.1, 0.15) is 11.3 Å². The lowest BCUT2D eigenvalue weighted by molar-refractivity contribution is 0.0692. The second kappa shape index (κ2) is 4.91. The van der Waals surface area contributed by atoms with Gasteiger partial charge in [0, 0.05) is 5.75 Å². The van der Waals surface area contributed by atoms with E-state index < -0.39 is 5.97 Å². The number of ether oxygens (including phenoxy) is 1. The second-order valence-electron chi connectivity index (χ2n) is 2.73. The lowest BCUT2D eigenvalue weighted by Crippen LogP contribution is -2.03. The summed E-state index contributed by atoms with van der Waals surface area (Å²) in [7, 11) is 0. The third kappa shape index (κ3) is 2.42. The van der Waals surface area contributed by atoms with Gasteiger partial charge in [-0.15, -0.1) is 0 Å². The molecule has 0 amide bonds. The lowest BCUT2D eigenvalue weighted by Gasteiger charge is -2.08. The van der Waals surface area contributed by atoms with E-state index in [0.717, 1.165) is 5.56 Å². The number of aromatic carboxylic acids is 1.